The molecule has 0 unspecified atom stereocenters. The lowest BCUT2D eigenvalue weighted by Gasteiger charge is -2.20. The molecule has 0 aromatic heterocycles. The fourth-order valence-corrected chi connectivity index (χ4v) is 1.56. The number of nitrogens with one attached hydrogen (secondary N) is 1. The van der Waals surface area contributed by atoms with Crippen molar-refractivity contribution in [1.29, 1.82) is 0 Å². The molecule has 0 saturated carbocycles. The molecular formula is C9H21IN3+. The van der Waals surface area contributed by atoms with Gasteiger partial charge in [0.15, 0.2) is 12.3 Å². The lowest BCUT2D eigenvalue weighted by Crippen LogP contribution is -2.44. The van der Waals surface area contributed by atoms with Crippen molar-refractivity contribution in [2.45, 2.75) is 39.3 Å². The monoisotopic (exact) mass is 298 g/mol. The van der Waals surface area contributed by atoms with Crippen molar-refractivity contribution < 1.29 is 4.68 Å². The zero-order valence-corrected chi connectivity index (χ0v) is 11.6. The van der Waals surface area contributed by atoms with Crippen LogP contribution in [-0.2, 0) is 0 Å². The maximum atomic E-state index is 3.25. The van der Waals surface area contributed by atoms with Gasteiger partial charge >= 0.3 is 0 Å². The van der Waals surface area contributed by atoms with Crippen LogP contribution in [0.3, 0.4) is 0 Å². The Morgan fingerprint density at radius 1 is 1.46 bits per heavy atom. The van der Waals surface area contributed by atoms with Gasteiger partial charge in [-0.3, -0.25) is 0 Å². The van der Waals surface area contributed by atoms with Crippen LogP contribution in [0.15, 0.2) is 0 Å². The van der Waals surface area contributed by atoms with Crippen molar-refractivity contribution in [3.05, 3.63) is 0 Å². The molecule has 0 rings (SSSR count). The van der Waals surface area contributed by atoms with Gasteiger partial charge in [-0.25, -0.2) is 0 Å². The second kappa shape index (κ2) is 5.14. The number of halogens is 1. The molecule has 78 valence electrons. The standard InChI is InChI=1S/C9H21IN3/c1-8(2)13(12(6)10)7-9(3,4)11-5/h7-8,11H,1-6H3/q+1. The van der Waals surface area contributed by atoms with E-state index >= 15 is 0 Å². The van der Waals surface area contributed by atoms with Crippen molar-refractivity contribution in [3.8, 4) is 0 Å². The summed E-state index contributed by atoms with van der Waals surface area (Å²) >= 11 is 2.28. The molecule has 1 N–H and O–H groups in total. The second-order valence-corrected chi connectivity index (χ2v) is 5.42. The van der Waals surface area contributed by atoms with Gasteiger partial charge in [0.2, 0.25) is 0 Å². The van der Waals surface area contributed by atoms with Crippen LogP contribution in [0.2, 0.25) is 0 Å². The lowest BCUT2D eigenvalue weighted by atomic mass is 10.1. The summed E-state index contributed by atoms with van der Waals surface area (Å²) in [4.78, 5) is 0. The summed E-state index contributed by atoms with van der Waals surface area (Å²) < 4.78 is 4.28. The Kier molecular flexibility index (Phi) is 5.21. The molecule has 0 spiro atoms. The Morgan fingerprint density at radius 3 is 2.15 bits per heavy atom. The molecule has 0 aromatic rings. The molecule has 3 nitrogen and oxygen atoms in total. The highest BCUT2D eigenvalue weighted by molar-refractivity contribution is 14.1. The number of hydrazone groups is 1. The van der Waals surface area contributed by atoms with E-state index < -0.39 is 0 Å². The third-order valence-corrected chi connectivity index (χ3v) is 2.44. The number of hydrazine groups is 1. The lowest BCUT2D eigenvalue weighted by molar-refractivity contribution is -0.663. The minimum atomic E-state index is 0.0315. The molecule has 0 heterocycles. The van der Waals surface area contributed by atoms with E-state index in [0.717, 1.165) is 0 Å². The van der Waals surface area contributed by atoms with Gasteiger partial charge in [0.05, 0.1) is 12.6 Å². The second-order valence-electron chi connectivity index (χ2n) is 4.02. The number of nitrogens with zero attached hydrogens (tertiary/aromatic N) is 2. The minimum Gasteiger partial charge on any atom is -0.306 e. The van der Waals surface area contributed by atoms with E-state index in [1.807, 2.05) is 14.1 Å². The smallest absolute Gasteiger partial charge is 0.190 e. The molecule has 0 bridgehead atoms. The Labute approximate surface area is 95.7 Å². The topological polar surface area (TPSA) is 18.3 Å². The first kappa shape index (κ1) is 13.2. The summed E-state index contributed by atoms with van der Waals surface area (Å²) in [6.07, 6.45) is 2.20. The molecule has 0 aliphatic heterocycles. The van der Waals surface area contributed by atoms with E-state index in [1.165, 1.54) is 0 Å². The van der Waals surface area contributed by atoms with Crippen molar-refractivity contribution in [1.82, 2.24) is 8.54 Å². The van der Waals surface area contributed by atoms with Crippen molar-refractivity contribution in [2.75, 3.05) is 14.1 Å². The largest absolute Gasteiger partial charge is 0.306 e. The molecule has 0 aliphatic rings. The van der Waals surface area contributed by atoms with E-state index in [4.69, 9.17) is 0 Å². The van der Waals surface area contributed by atoms with E-state index in [1.54, 1.807) is 0 Å². The van der Waals surface area contributed by atoms with Gasteiger partial charge in [-0.05, 0) is 34.7 Å². The van der Waals surface area contributed by atoms with E-state index in [9.17, 15) is 0 Å². The highest BCUT2D eigenvalue weighted by atomic mass is 127. The normalized spacial score (nSPS) is 13.7. The Bertz CT molecular complexity index is 175. The van der Waals surface area contributed by atoms with E-state index in [-0.39, 0.29) is 5.54 Å². The SMILES string of the molecule is CNC(C)(C)C=[N+](C(C)C)N(C)I. The minimum absolute atomic E-state index is 0.0315. The average molecular weight is 298 g/mol. The predicted molar refractivity (Wildman–Crippen MR) is 66.4 cm³/mol. The highest BCUT2D eigenvalue weighted by Crippen LogP contribution is 2.03. The van der Waals surface area contributed by atoms with Gasteiger partial charge in [0.25, 0.3) is 0 Å². The summed E-state index contributed by atoms with van der Waals surface area (Å²) in [5.74, 6) is 0. The van der Waals surface area contributed by atoms with Gasteiger partial charge in [-0.15, -0.1) is 7.91 Å². The zero-order chi connectivity index (χ0) is 10.6. The highest BCUT2D eigenvalue weighted by Gasteiger charge is 2.22. The summed E-state index contributed by atoms with van der Waals surface area (Å²) in [5.41, 5.74) is 0.0315. The van der Waals surface area contributed by atoms with Gasteiger partial charge in [0, 0.05) is 0 Å². The maximum Gasteiger partial charge on any atom is 0.190 e. The average Bonchev–Trinajstić information content (AvgIpc) is 1.99. The number of hydrogen-bond donors (Lipinski definition) is 1. The van der Waals surface area contributed by atoms with Crippen LogP contribution in [0.25, 0.3) is 0 Å². The first-order chi connectivity index (χ1) is 5.80. The molecule has 0 aliphatic carbocycles. The molecule has 0 saturated heterocycles. The van der Waals surface area contributed by atoms with Crippen molar-refractivity contribution in [2.24, 2.45) is 0 Å². The van der Waals surface area contributed by atoms with Gasteiger partial charge in [-0.1, -0.05) is 0 Å². The third kappa shape index (κ3) is 4.81. The number of rotatable bonds is 4. The maximum absolute atomic E-state index is 3.25. The molecule has 0 amide bonds. The zero-order valence-electron chi connectivity index (χ0n) is 9.43. The summed E-state index contributed by atoms with van der Waals surface area (Å²) in [6, 6.07) is 0.481. The Balaban J connectivity index is 4.73. The van der Waals surface area contributed by atoms with Gasteiger partial charge < -0.3 is 5.32 Å². The fourth-order valence-electron chi connectivity index (χ4n) is 0.942. The van der Waals surface area contributed by atoms with Crippen LogP contribution < -0.4 is 5.32 Å². The fraction of sp³-hybridized carbons (Fsp3) is 0.889. The molecule has 0 fully saturated rings. The molecule has 4 heteroatoms. The summed E-state index contributed by atoms with van der Waals surface area (Å²) in [6.45, 7) is 8.67. The van der Waals surface area contributed by atoms with Crippen LogP contribution in [-0.4, -0.2) is 39.8 Å². The molecule has 0 radical (unpaired) electrons. The van der Waals surface area contributed by atoms with Crippen molar-refractivity contribution >= 4 is 29.1 Å². The molecule has 0 atom stereocenters. The van der Waals surface area contributed by atoms with Crippen LogP contribution in [0, 0.1) is 0 Å². The van der Waals surface area contributed by atoms with E-state index in [2.05, 4.69) is 70.0 Å². The van der Waals surface area contributed by atoms with Crippen molar-refractivity contribution in [3.63, 3.8) is 0 Å². The third-order valence-electron chi connectivity index (χ3n) is 1.95. The first-order valence-electron chi connectivity index (χ1n) is 4.53. The molecule has 13 heavy (non-hydrogen) atoms. The number of hydrogen-bond acceptors (Lipinski definition) is 2. The quantitative estimate of drug-likeness (QED) is 0.280. The van der Waals surface area contributed by atoms with Crippen LogP contribution in [0.1, 0.15) is 27.7 Å². The molecular weight excluding hydrogens is 277 g/mol. The summed E-state index contributed by atoms with van der Waals surface area (Å²) in [7, 11) is 4.02. The predicted octanol–water partition coefficient (Wildman–Crippen LogP) is 1.67. The van der Waals surface area contributed by atoms with Crippen LogP contribution in [0.5, 0.6) is 0 Å². The first-order valence-corrected chi connectivity index (χ1v) is 5.49. The summed E-state index contributed by atoms with van der Waals surface area (Å²) in [5, 5.41) is 3.25. The van der Waals surface area contributed by atoms with E-state index in [0.29, 0.717) is 6.04 Å². The Morgan fingerprint density at radius 2 is 1.92 bits per heavy atom. The Hall–Kier alpha value is 0.160. The van der Waals surface area contributed by atoms with Crippen LogP contribution >= 0.6 is 22.9 Å². The van der Waals surface area contributed by atoms with Crippen LogP contribution in [0.4, 0.5) is 0 Å². The van der Waals surface area contributed by atoms with Gasteiger partial charge in [-0.2, -0.15) is 0 Å². The van der Waals surface area contributed by atoms with Gasteiger partial charge in [0.1, 0.15) is 22.9 Å². The molecule has 0 aromatic carbocycles.